The molecule has 0 aliphatic rings. The minimum absolute atomic E-state index is 0.341. The van der Waals surface area contributed by atoms with Gasteiger partial charge in [-0.25, -0.2) is 9.78 Å². The van der Waals surface area contributed by atoms with Crippen molar-refractivity contribution in [3.8, 4) is 11.3 Å². The van der Waals surface area contributed by atoms with Crippen LogP contribution in [0.4, 0.5) is 0 Å². The van der Waals surface area contributed by atoms with Crippen molar-refractivity contribution < 1.29 is 14.3 Å². The molecule has 31 heavy (non-hydrogen) atoms. The molecule has 1 heterocycles. The van der Waals surface area contributed by atoms with E-state index in [9.17, 15) is 9.59 Å². The molecule has 154 valence electrons. The molecule has 0 radical (unpaired) electrons. The number of hydrogen-bond acceptors (Lipinski definition) is 4. The summed E-state index contributed by atoms with van der Waals surface area (Å²) in [6, 6.07) is 27.7. The summed E-state index contributed by atoms with van der Waals surface area (Å²) in [7, 11) is 1.32. The summed E-state index contributed by atoms with van der Waals surface area (Å²) in [5, 5.41) is 3.59. The van der Waals surface area contributed by atoms with Crippen LogP contribution in [-0.2, 0) is 16.0 Å². The third-order valence-corrected chi connectivity index (χ3v) is 5.10. The molecule has 0 bridgehead atoms. The number of benzene rings is 3. The lowest BCUT2D eigenvalue weighted by atomic mass is 10.0. The number of para-hydroxylation sites is 1. The van der Waals surface area contributed by atoms with Crippen molar-refractivity contribution in [3.63, 3.8) is 0 Å². The normalized spacial score (nSPS) is 11.6. The fourth-order valence-corrected chi connectivity index (χ4v) is 3.54. The molecular weight excluding hydrogens is 388 g/mol. The van der Waals surface area contributed by atoms with Gasteiger partial charge in [-0.15, -0.1) is 0 Å². The minimum Gasteiger partial charge on any atom is -0.467 e. The first-order valence-corrected chi connectivity index (χ1v) is 10.0. The summed E-state index contributed by atoms with van der Waals surface area (Å²) < 4.78 is 4.94. The van der Waals surface area contributed by atoms with Crippen molar-refractivity contribution in [1.82, 2.24) is 10.3 Å². The predicted octanol–water partition coefficient (Wildman–Crippen LogP) is 4.42. The van der Waals surface area contributed by atoms with Gasteiger partial charge in [0.2, 0.25) is 0 Å². The number of carbonyl (C=O) groups is 2. The van der Waals surface area contributed by atoms with E-state index in [1.165, 1.54) is 7.11 Å². The molecular formula is C26H22N2O3. The van der Waals surface area contributed by atoms with Gasteiger partial charge in [-0.3, -0.25) is 4.79 Å². The summed E-state index contributed by atoms with van der Waals surface area (Å²) in [6.45, 7) is 0. The number of nitrogens with one attached hydrogen (secondary N) is 1. The highest BCUT2D eigenvalue weighted by Gasteiger charge is 2.24. The Bertz CT molecular complexity index is 1210. The van der Waals surface area contributed by atoms with E-state index >= 15 is 0 Å². The molecule has 5 heteroatoms. The second-order valence-electron chi connectivity index (χ2n) is 7.18. The first-order chi connectivity index (χ1) is 15.2. The quantitative estimate of drug-likeness (QED) is 0.478. The SMILES string of the molecule is COC(=O)[C@H](Cc1ccccc1)NC(=O)c1cc(-c2ccccc2)nc2ccccc12. The summed E-state index contributed by atoms with van der Waals surface area (Å²) >= 11 is 0. The zero-order valence-corrected chi connectivity index (χ0v) is 17.1. The fourth-order valence-electron chi connectivity index (χ4n) is 3.54. The lowest BCUT2D eigenvalue weighted by Crippen LogP contribution is -2.43. The molecule has 0 fully saturated rings. The lowest BCUT2D eigenvalue weighted by molar-refractivity contribution is -0.142. The van der Waals surface area contributed by atoms with E-state index in [2.05, 4.69) is 5.32 Å². The number of nitrogens with zero attached hydrogens (tertiary/aromatic N) is 1. The summed E-state index contributed by atoms with van der Waals surface area (Å²) in [5.74, 6) is -0.832. The number of hydrogen-bond donors (Lipinski definition) is 1. The summed E-state index contributed by atoms with van der Waals surface area (Å²) in [4.78, 5) is 30.4. The first-order valence-electron chi connectivity index (χ1n) is 10.0. The highest BCUT2D eigenvalue weighted by molar-refractivity contribution is 6.08. The van der Waals surface area contributed by atoms with Crippen LogP contribution in [0.25, 0.3) is 22.2 Å². The van der Waals surface area contributed by atoms with Crippen molar-refractivity contribution in [2.75, 3.05) is 7.11 Å². The summed E-state index contributed by atoms with van der Waals surface area (Å²) in [5.41, 5.74) is 3.72. The Labute approximate surface area is 180 Å². The van der Waals surface area contributed by atoms with Crippen molar-refractivity contribution in [1.29, 1.82) is 0 Å². The van der Waals surface area contributed by atoms with E-state index in [4.69, 9.17) is 9.72 Å². The summed E-state index contributed by atoms with van der Waals surface area (Å²) in [6.07, 6.45) is 0.341. The van der Waals surface area contributed by atoms with E-state index in [0.717, 1.165) is 16.5 Å². The lowest BCUT2D eigenvalue weighted by Gasteiger charge is -2.18. The smallest absolute Gasteiger partial charge is 0.328 e. The van der Waals surface area contributed by atoms with Crippen LogP contribution in [0.3, 0.4) is 0 Å². The van der Waals surface area contributed by atoms with E-state index in [1.807, 2.05) is 84.9 Å². The van der Waals surface area contributed by atoms with Crippen molar-refractivity contribution in [3.05, 3.63) is 102 Å². The van der Waals surface area contributed by atoms with Gasteiger partial charge in [-0.05, 0) is 17.7 Å². The number of rotatable bonds is 6. The van der Waals surface area contributed by atoms with Crippen LogP contribution in [0.2, 0.25) is 0 Å². The standard InChI is InChI=1S/C26H22N2O3/c1-31-26(30)24(16-18-10-4-2-5-11-18)28-25(29)21-17-23(19-12-6-3-7-13-19)27-22-15-9-8-14-20(21)22/h2-15,17,24H,16H2,1H3,(H,28,29)/t24-/m0/s1. The molecule has 3 aromatic carbocycles. The Morgan fingerprint density at radius 2 is 1.55 bits per heavy atom. The van der Waals surface area contributed by atoms with Crippen LogP contribution >= 0.6 is 0 Å². The zero-order valence-electron chi connectivity index (χ0n) is 17.1. The molecule has 0 saturated carbocycles. The van der Waals surface area contributed by atoms with Gasteiger partial charge in [0, 0.05) is 17.4 Å². The van der Waals surface area contributed by atoms with Crippen LogP contribution in [0, 0.1) is 0 Å². The molecule has 0 unspecified atom stereocenters. The van der Waals surface area contributed by atoms with Crippen LogP contribution in [0.5, 0.6) is 0 Å². The van der Waals surface area contributed by atoms with E-state index in [1.54, 1.807) is 6.07 Å². The fraction of sp³-hybridized carbons (Fsp3) is 0.115. The van der Waals surface area contributed by atoms with Crippen molar-refractivity contribution in [2.24, 2.45) is 0 Å². The number of fused-ring (bicyclic) bond motifs is 1. The second-order valence-corrected chi connectivity index (χ2v) is 7.18. The number of pyridine rings is 1. The zero-order chi connectivity index (χ0) is 21.6. The number of esters is 1. The average molecular weight is 410 g/mol. The second kappa shape index (κ2) is 9.22. The van der Waals surface area contributed by atoms with Crippen LogP contribution in [0.15, 0.2) is 91.0 Å². The van der Waals surface area contributed by atoms with Crippen LogP contribution in [-0.4, -0.2) is 30.0 Å². The Hall–Kier alpha value is -3.99. The number of methoxy groups -OCH3 is 1. The Morgan fingerprint density at radius 1 is 0.903 bits per heavy atom. The first kappa shape index (κ1) is 20.3. The third kappa shape index (κ3) is 4.61. The van der Waals surface area contributed by atoms with Gasteiger partial charge in [0.25, 0.3) is 5.91 Å². The predicted molar refractivity (Wildman–Crippen MR) is 121 cm³/mol. The molecule has 1 N–H and O–H groups in total. The van der Waals surface area contributed by atoms with Crippen LogP contribution < -0.4 is 5.32 Å². The molecule has 5 nitrogen and oxygen atoms in total. The van der Waals surface area contributed by atoms with Gasteiger partial charge in [0.05, 0.1) is 23.9 Å². The number of aromatic nitrogens is 1. The minimum atomic E-state index is -0.799. The molecule has 1 atom stereocenters. The number of amides is 1. The van der Waals surface area contributed by atoms with Gasteiger partial charge in [0.15, 0.2) is 0 Å². The van der Waals surface area contributed by atoms with Gasteiger partial charge < -0.3 is 10.1 Å². The van der Waals surface area contributed by atoms with Gasteiger partial charge >= 0.3 is 5.97 Å². The molecule has 1 aromatic heterocycles. The van der Waals surface area contributed by atoms with Crippen molar-refractivity contribution >= 4 is 22.8 Å². The number of ether oxygens (including phenoxy) is 1. The third-order valence-electron chi connectivity index (χ3n) is 5.10. The Balaban J connectivity index is 1.71. The molecule has 0 spiro atoms. The van der Waals surface area contributed by atoms with E-state index in [-0.39, 0.29) is 5.91 Å². The van der Waals surface area contributed by atoms with E-state index in [0.29, 0.717) is 23.2 Å². The number of carbonyl (C=O) groups excluding carboxylic acids is 2. The molecule has 0 aliphatic carbocycles. The van der Waals surface area contributed by atoms with Crippen molar-refractivity contribution in [2.45, 2.75) is 12.5 Å². The topological polar surface area (TPSA) is 68.3 Å². The van der Waals surface area contributed by atoms with Gasteiger partial charge in [0.1, 0.15) is 6.04 Å². The largest absolute Gasteiger partial charge is 0.467 e. The molecule has 1 amide bonds. The molecule has 0 saturated heterocycles. The van der Waals surface area contributed by atoms with Gasteiger partial charge in [-0.1, -0.05) is 78.9 Å². The molecule has 0 aliphatic heterocycles. The Kier molecular flexibility index (Phi) is 6.03. The Morgan fingerprint density at radius 3 is 2.26 bits per heavy atom. The highest BCUT2D eigenvalue weighted by Crippen LogP contribution is 2.25. The monoisotopic (exact) mass is 410 g/mol. The maximum absolute atomic E-state index is 13.3. The maximum Gasteiger partial charge on any atom is 0.328 e. The van der Waals surface area contributed by atoms with Gasteiger partial charge in [-0.2, -0.15) is 0 Å². The highest BCUT2D eigenvalue weighted by atomic mass is 16.5. The molecule has 4 aromatic rings. The van der Waals surface area contributed by atoms with Crippen LogP contribution in [0.1, 0.15) is 15.9 Å². The molecule has 4 rings (SSSR count). The maximum atomic E-state index is 13.3. The average Bonchev–Trinajstić information content (AvgIpc) is 2.83. The van der Waals surface area contributed by atoms with E-state index < -0.39 is 12.0 Å².